The minimum atomic E-state index is -0.868. The molecule has 3 amide bonds. The van der Waals surface area contributed by atoms with Gasteiger partial charge in [0, 0.05) is 28.5 Å². The molecule has 2 aliphatic rings. The van der Waals surface area contributed by atoms with E-state index in [1.54, 1.807) is 6.92 Å². The van der Waals surface area contributed by atoms with E-state index in [1.807, 2.05) is 44.2 Å². The van der Waals surface area contributed by atoms with Crippen molar-refractivity contribution in [3.05, 3.63) is 57.9 Å². The van der Waals surface area contributed by atoms with Crippen LogP contribution in [-0.2, 0) is 17.8 Å². The standard InChI is InChI=1S/C23H26ClN3O3/c1-14-12-19(15(2)26(14)11-10-16-4-8-18(24)9-5-16)20(28)13-27-21(29)23(3,17-6-7-17)25-22(27)30/h4-5,8-9,12,17H,6-7,10-11,13H2,1-3H3,(H,25,30)/t23-/m1/s1. The van der Waals surface area contributed by atoms with Crippen LogP contribution in [0.2, 0.25) is 5.02 Å². The van der Waals surface area contributed by atoms with Crippen molar-refractivity contribution in [2.45, 2.75) is 52.1 Å². The number of carbonyl (C=O) groups is 3. The van der Waals surface area contributed by atoms with Gasteiger partial charge in [-0.1, -0.05) is 23.7 Å². The lowest BCUT2D eigenvalue weighted by Gasteiger charge is -2.20. The lowest BCUT2D eigenvalue weighted by atomic mass is 9.96. The van der Waals surface area contributed by atoms with Gasteiger partial charge >= 0.3 is 6.03 Å². The Morgan fingerprint density at radius 3 is 2.50 bits per heavy atom. The molecule has 2 aromatic rings. The molecule has 1 aliphatic heterocycles. The number of nitrogens with one attached hydrogen (secondary N) is 1. The molecule has 1 saturated heterocycles. The predicted molar refractivity (Wildman–Crippen MR) is 115 cm³/mol. The molecule has 1 saturated carbocycles. The Bertz CT molecular complexity index is 1020. The van der Waals surface area contributed by atoms with Gasteiger partial charge in [0.2, 0.25) is 0 Å². The minimum Gasteiger partial charge on any atom is -0.348 e. The average Bonchev–Trinajstić information content (AvgIpc) is 3.49. The van der Waals surface area contributed by atoms with E-state index in [0.29, 0.717) is 10.6 Å². The number of benzene rings is 1. The van der Waals surface area contributed by atoms with E-state index >= 15 is 0 Å². The molecule has 1 aliphatic carbocycles. The van der Waals surface area contributed by atoms with Gasteiger partial charge in [-0.05, 0) is 69.7 Å². The van der Waals surface area contributed by atoms with Crippen molar-refractivity contribution in [2.24, 2.45) is 5.92 Å². The number of hydrogen-bond acceptors (Lipinski definition) is 3. The molecule has 158 valence electrons. The zero-order valence-corrected chi connectivity index (χ0v) is 18.3. The highest BCUT2D eigenvalue weighted by Crippen LogP contribution is 2.42. The summed E-state index contributed by atoms with van der Waals surface area (Å²) in [6.45, 7) is 6.13. The Morgan fingerprint density at radius 2 is 1.87 bits per heavy atom. The molecule has 1 aromatic heterocycles. The minimum absolute atomic E-state index is 0.173. The summed E-state index contributed by atoms with van der Waals surface area (Å²) >= 11 is 5.95. The maximum atomic E-state index is 13.0. The summed E-state index contributed by atoms with van der Waals surface area (Å²) in [6.07, 6.45) is 2.67. The largest absolute Gasteiger partial charge is 0.348 e. The van der Waals surface area contributed by atoms with Gasteiger partial charge in [-0.25, -0.2) is 4.79 Å². The van der Waals surface area contributed by atoms with E-state index in [4.69, 9.17) is 11.6 Å². The number of nitrogens with zero attached hydrogens (tertiary/aromatic N) is 2. The number of aryl methyl sites for hydroxylation is 2. The summed E-state index contributed by atoms with van der Waals surface area (Å²) < 4.78 is 2.10. The molecule has 30 heavy (non-hydrogen) atoms. The van der Waals surface area contributed by atoms with Crippen molar-refractivity contribution in [3.8, 4) is 0 Å². The average molecular weight is 428 g/mol. The van der Waals surface area contributed by atoms with Gasteiger partial charge in [-0.15, -0.1) is 0 Å². The lowest BCUT2D eigenvalue weighted by molar-refractivity contribution is -0.131. The topological polar surface area (TPSA) is 71.4 Å². The summed E-state index contributed by atoms with van der Waals surface area (Å²) in [7, 11) is 0. The van der Waals surface area contributed by atoms with Gasteiger partial charge in [0.15, 0.2) is 5.78 Å². The van der Waals surface area contributed by atoms with Crippen LogP contribution in [0.5, 0.6) is 0 Å². The highest BCUT2D eigenvalue weighted by molar-refractivity contribution is 6.30. The van der Waals surface area contributed by atoms with Gasteiger partial charge < -0.3 is 9.88 Å². The molecule has 7 heteroatoms. The first-order valence-electron chi connectivity index (χ1n) is 10.3. The van der Waals surface area contributed by atoms with E-state index in [1.165, 1.54) is 5.56 Å². The zero-order chi connectivity index (χ0) is 21.6. The maximum absolute atomic E-state index is 13.0. The Hall–Kier alpha value is -2.60. The summed E-state index contributed by atoms with van der Waals surface area (Å²) in [5.74, 6) is -0.337. The second-order valence-corrected chi connectivity index (χ2v) is 8.97. The number of rotatable bonds is 7. The molecule has 2 heterocycles. The van der Waals surface area contributed by atoms with Crippen molar-refractivity contribution in [3.63, 3.8) is 0 Å². The molecular formula is C23H26ClN3O3. The van der Waals surface area contributed by atoms with Crippen LogP contribution in [0.1, 0.15) is 47.1 Å². The number of halogens is 1. The molecule has 0 radical (unpaired) electrons. The van der Waals surface area contributed by atoms with Crippen LogP contribution in [0.25, 0.3) is 0 Å². The molecule has 1 N–H and O–H groups in total. The fourth-order valence-corrected chi connectivity index (χ4v) is 4.47. The van der Waals surface area contributed by atoms with Crippen molar-refractivity contribution in [2.75, 3.05) is 6.54 Å². The van der Waals surface area contributed by atoms with Gasteiger partial charge in [0.25, 0.3) is 5.91 Å². The number of imide groups is 1. The van der Waals surface area contributed by atoms with Crippen molar-refractivity contribution in [1.82, 2.24) is 14.8 Å². The zero-order valence-electron chi connectivity index (χ0n) is 17.5. The number of aromatic nitrogens is 1. The van der Waals surface area contributed by atoms with E-state index in [0.717, 1.165) is 42.1 Å². The van der Waals surface area contributed by atoms with Gasteiger partial charge in [-0.3, -0.25) is 14.5 Å². The van der Waals surface area contributed by atoms with Crippen LogP contribution in [0.15, 0.2) is 30.3 Å². The SMILES string of the molecule is Cc1cc(C(=O)CN2C(=O)N[C@](C)(C3CC3)C2=O)c(C)n1CCc1ccc(Cl)cc1. The monoisotopic (exact) mass is 427 g/mol. The molecule has 4 rings (SSSR count). The van der Waals surface area contributed by atoms with Crippen LogP contribution in [-0.4, -0.2) is 39.3 Å². The van der Waals surface area contributed by atoms with Crippen LogP contribution in [0, 0.1) is 19.8 Å². The third kappa shape index (κ3) is 3.65. The molecule has 1 atom stereocenters. The molecular weight excluding hydrogens is 402 g/mol. The molecule has 0 bridgehead atoms. The first kappa shape index (κ1) is 20.7. The van der Waals surface area contributed by atoms with Gasteiger partial charge in [0.05, 0.1) is 6.54 Å². The molecule has 1 aromatic carbocycles. The third-order valence-electron chi connectivity index (χ3n) is 6.41. The summed E-state index contributed by atoms with van der Waals surface area (Å²) in [5.41, 5.74) is 2.68. The van der Waals surface area contributed by atoms with E-state index in [-0.39, 0.29) is 24.2 Å². The second kappa shape index (κ2) is 7.58. The van der Waals surface area contributed by atoms with E-state index < -0.39 is 11.6 Å². The number of urea groups is 1. The quantitative estimate of drug-likeness (QED) is 0.538. The first-order chi connectivity index (χ1) is 14.2. The predicted octanol–water partition coefficient (Wildman–Crippen LogP) is 3.90. The third-order valence-corrected chi connectivity index (χ3v) is 6.66. The highest BCUT2D eigenvalue weighted by Gasteiger charge is 2.56. The fraction of sp³-hybridized carbons (Fsp3) is 0.435. The number of carbonyl (C=O) groups excluding carboxylic acids is 3. The second-order valence-electron chi connectivity index (χ2n) is 8.53. The Kier molecular flexibility index (Phi) is 5.22. The van der Waals surface area contributed by atoms with Gasteiger partial charge in [-0.2, -0.15) is 0 Å². The van der Waals surface area contributed by atoms with Crippen LogP contribution >= 0.6 is 11.6 Å². The number of Topliss-reactive ketones (excluding diaryl/α,β-unsaturated/α-hetero) is 1. The Labute approximate surface area is 181 Å². The van der Waals surface area contributed by atoms with E-state index in [9.17, 15) is 14.4 Å². The normalized spacial score (nSPS) is 21.3. The van der Waals surface area contributed by atoms with Crippen LogP contribution < -0.4 is 5.32 Å². The molecule has 2 fully saturated rings. The molecule has 0 unspecified atom stereocenters. The summed E-state index contributed by atoms with van der Waals surface area (Å²) in [5, 5.41) is 3.50. The maximum Gasteiger partial charge on any atom is 0.325 e. The number of ketones is 1. The van der Waals surface area contributed by atoms with E-state index in [2.05, 4.69) is 9.88 Å². The lowest BCUT2D eigenvalue weighted by Crippen LogP contribution is -2.46. The van der Waals surface area contributed by atoms with Gasteiger partial charge in [0.1, 0.15) is 5.54 Å². The van der Waals surface area contributed by atoms with Crippen LogP contribution in [0.3, 0.4) is 0 Å². The molecule has 6 nitrogen and oxygen atoms in total. The number of hydrogen-bond donors (Lipinski definition) is 1. The molecule has 0 spiro atoms. The Balaban J connectivity index is 1.47. The Morgan fingerprint density at radius 1 is 1.20 bits per heavy atom. The highest BCUT2D eigenvalue weighted by atomic mass is 35.5. The smallest absolute Gasteiger partial charge is 0.325 e. The number of amides is 3. The van der Waals surface area contributed by atoms with Crippen molar-refractivity contribution >= 4 is 29.3 Å². The van der Waals surface area contributed by atoms with Crippen molar-refractivity contribution < 1.29 is 14.4 Å². The van der Waals surface area contributed by atoms with Crippen LogP contribution in [0.4, 0.5) is 4.79 Å². The van der Waals surface area contributed by atoms with Crippen molar-refractivity contribution in [1.29, 1.82) is 0 Å². The summed E-state index contributed by atoms with van der Waals surface area (Å²) in [6, 6.07) is 9.11. The summed E-state index contributed by atoms with van der Waals surface area (Å²) in [4.78, 5) is 39.2. The fourth-order valence-electron chi connectivity index (χ4n) is 4.34. The first-order valence-corrected chi connectivity index (χ1v) is 10.7.